The van der Waals surface area contributed by atoms with Crippen LogP contribution in [0.4, 0.5) is 5.00 Å². The molecular weight excluding hydrogens is 474 g/mol. The molecule has 3 rings (SSSR count). The minimum Gasteiger partial charge on any atom is -0.465 e. The summed E-state index contributed by atoms with van der Waals surface area (Å²) < 4.78 is 9.88. The number of pyridine rings is 1. The van der Waals surface area contributed by atoms with Crippen molar-refractivity contribution in [3.63, 3.8) is 0 Å². The van der Waals surface area contributed by atoms with E-state index in [4.69, 9.17) is 14.5 Å². The van der Waals surface area contributed by atoms with Gasteiger partial charge in [0, 0.05) is 17.9 Å². The topological polar surface area (TPSA) is 118 Å². The summed E-state index contributed by atoms with van der Waals surface area (Å²) in [6, 6.07) is 4.14. The summed E-state index contributed by atoms with van der Waals surface area (Å²) >= 11 is 2.35. The van der Waals surface area contributed by atoms with Gasteiger partial charge >= 0.3 is 11.9 Å². The number of thiophene rings is 1. The molecule has 1 aliphatic rings. The summed E-state index contributed by atoms with van der Waals surface area (Å²) in [5.41, 5.74) is 3.25. The van der Waals surface area contributed by atoms with Crippen molar-refractivity contribution in [3.05, 3.63) is 38.9 Å². The molecule has 0 bridgehead atoms. The van der Waals surface area contributed by atoms with Crippen molar-refractivity contribution in [1.29, 1.82) is 5.26 Å². The number of aromatic nitrogens is 1. The fourth-order valence-electron chi connectivity index (χ4n) is 3.79. The Bertz CT molecular complexity index is 1150. The minimum atomic E-state index is -0.639. The van der Waals surface area contributed by atoms with E-state index in [1.54, 1.807) is 13.8 Å². The molecule has 0 spiro atoms. The summed E-state index contributed by atoms with van der Waals surface area (Å²) in [5.74, 6) is -0.517. The second-order valence-corrected chi connectivity index (χ2v) is 10.1. The first-order valence-corrected chi connectivity index (χ1v) is 12.8. The number of nitrogens with one attached hydrogen (secondary N) is 1. The van der Waals surface area contributed by atoms with Gasteiger partial charge in [-0.3, -0.25) is 4.79 Å². The summed E-state index contributed by atoms with van der Waals surface area (Å²) in [7, 11) is 1.24. The molecule has 8 nitrogen and oxygen atoms in total. The maximum Gasteiger partial charge on any atom is 0.348 e. The SMILES string of the molecule is CCOC(=O)c1sc(NC(=O)CCSc2nc3c(cc2C#N)CC(C)CC3)c(C(=O)OC)c1C. The van der Waals surface area contributed by atoms with E-state index in [-0.39, 0.29) is 34.4 Å². The van der Waals surface area contributed by atoms with Gasteiger partial charge in [-0.15, -0.1) is 23.1 Å². The molecule has 1 aliphatic carbocycles. The number of fused-ring (bicyclic) bond motifs is 1. The standard InChI is InChI=1S/C24H27N3O5S2/c1-5-32-24(30)20-14(3)19(23(29)31-4)22(34-20)27-18(28)8-9-33-21-16(12-25)11-15-10-13(2)6-7-17(15)26-21/h11,13H,5-10H2,1-4H3,(H,27,28). The van der Waals surface area contributed by atoms with Crippen LogP contribution in [0.25, 0.3) is 0 Å². The van der Waals surface area contributed by atoms with Gasteiger partial charge in [-0.25, -0.2) is 14.6 Å². The predicted molar refractivity (Wildman–Crippen MR) is 130 cm³/mol. The van der Waals surface area contributed by atoms with Crippen molar-refractivity contribution in [2.75, 3.05) is 24.8 Å². The van der Waals surface area contributed by atoms with Crippen molar-refractivity contribution >= 4 is 45.9 Å². The molecule has 34 heavy (non-hydrogen) atoms. The molecule has 180 valence electrons. The van der Waals surface area contributed by atoms with E-state index in [1.807, 2.05) is 6.07 Å². The van der Waals surface area contributed by atoms with Crippen molar-refractivity contribution < 1.29 is 23.9 Å². The van der Waals surface area contributed by atoms with E-state index < -0.39 is 11.9 Å². The molecule has 2 aromatic heterocycles. The predicted octanol–water partition coefficient (Wildman–Crippen LogP) is 4.53. The number of hydrogen-bond donors (Lipinski definition) is 1. The maximum atomic E-state index is 12.6. The van der Waals surface area contributed by atoms with Gasteiger partial charge in [-0.1, -0.05) is 6.92 Å². The number of aryl methyl sites for hydroxylation is 1. The third kappa shape index (κ3) is 5.77. The first-order chi connectivity index (χ1) is 16.3. The molecule has 0 aliphatic heterocycles. The van der Waals surface area contributed by atoms with Crippen LogP contribution in [0.15, 0.2) is 11.1 Å². The van der Waals surface area contributed by atoms with Gasteiger partial charge < -0.3 is 14.8 Å². The Kier molecular flexibility index (Phi) is 8.69. The Morgan fingerprint density at radius 1 is 1.35 bits per heavy atom. The largest absolute Gasteiger partial charge is 0.465 e. The van der Waals surface area contributed by atoms with Gasteiger partial charge in [0.05, 0.1) is 24.8 Å². The lowest BCUT2D eigenvalue weighted by molar-refractivity contribution is -0.115. The van der Waals surface area contributed by atoms with Gasteiger partial charge in [0.15, 0.2) is 0 Å². The van der Waals surface area contributed by atoms with E-state index in [9.17, 15) is 19.6 Å². The Morgan fingerprint density at radius 3 is 2.79 bits per heavy atom. The molecule has 0 aromatic carbocycles. The minimum absolute atomic E-state index is 0.137. The van der Waals surface area contributed by atoms with E-state index in [2.05, 4.69) is 18.3 Å². The molecule has 2 heterocycles. The Labute approximate surface area is 207 Å². The van der Waals surface area contributed by atoms with Crippen LogP contribution in [-0.2, 0) is 27.1 Å². The second kappa shape index (κ2) is 11.5. The molecule has 1 N–H and O–H groups in total. The summed E-state index contributed by atoms with van der Waals surface area (Å²) in [6.45, 7) is 5.71. The molecule has 10 heteroatoms. The lowest BCUT2D eigenvalue weighted by Gasteiger charge is -2.21. The fraction of sp³-hybridized carbons (Fsp3) is 0.458. The normalized spacial score (nSPS) is 14.6. The average Bonchev–Trinajstić information content (AvgIpc) is 3.13. The average molecular weight is 502 g/mol. The lowest BCUT2D eigenvalue weighted by atomic mass is 9.87. The maximum absolute atomic E-state index is 12.6. The number of amides is 1. The highest BCUT2D eigenvalue weighted by Gasteiger charge is 2.27. The van der Waals surface area contributed by atoms with Crippen LogP contribution < -0.4 is 5.32 Å². The van der Waals surface area contributed by atoms with Crippen molar-refractivity contribution in [1.82, 2.24) is 4.98 Å². The quantitative estimate of drug-likeness (QED) is 0.414. The molecule has 1 amide bonds. The molecule has 2 aromatic rings. The van der Waals surface area contributed by atoms with Gasteiger partial charge in [-0.05, 0) is 56.2 Å². The van der Waals surface area contributed by atoms with Gasteiger partial charge in [0.25, 0.3) is 0 Å². The molecule has 1 unspecified atom stereocenters. The second-order valence-electron chi connectivity index (χ2n) is 8.03. The van der Waals surface area contributed by atoms with Crippen LogP contribution in [0.1, 0.15) is 69.1 Å². The summed E-state index contributed by atoms with van der Waals surface area (Å²) in [4.78, 5) is 42.1. The van der Waals surface area contributed by atoms with Crippen LogP contribution in [0.5, 0.6) is 0 Å². The summed E-state index contributed by atoms with van der Waals surface area (Å²) in [6.07, 6.45) is 3.04. The highest BCUT2D eigenvalue weighted by Crippen LogP contribution is 2.35. The number of thioether (sulfide) groups is 1. The number of ether oxygens (including phenoxy) is 2. The molecule has 0 saturated heterocycles. The number of nitriles is 1. The van der Waals surface area contributed by atoms with Crippen LogP contribution >= 0.6 is 23.1 Å². The first kappa shape index (κ1) is 25.7. The molecule has 0 saturated carbocycles. The number of rotatable bonds is 8. The van der Waals surface area contributed by atoms with E-state index in [0.29, 0.717) is 27.8 Å². The number of carbonyl (C=O) groups excluding carboxylic acids is 3. The molecular formula is C24H27N3O5S2. The number of carbonyl (C=O) groups is 3. The van der Waals surface area contributed by atoms with E-state index in [0.717, 1.165) is 41.9 Å². The smallest absolute Gasteiger partial charge is 0.348 e. The third-order valence-corrected chi connectivity index (χ3v) is 7.72. The lowest BCUT2D eigenvalue weighted by Crippen LogP contribution is -2.15. The number of nitrogens with zero attached hydrogens (tertiary/aromatic N) is 2. The van der Waals surface area contributed by atoms with Crippen molar-refractivity contribution in [2.24, 2.45) is 5.92 Å². The summed E-state index contributed by atoms with van der Waals surface area (Å²) in [5, 5.41) is 13.2. The first-order valence-electron chi connectivity index (χ1n) is 11.0. The zero-order chi connectivity index (χ0) is 24.8. The molecule has 0 radical (unpaired) electrons. The van der Waals surface area contributed by atoms with E-state index >= 15 is 0 Å². The Hall–Kier alpha value is -2.90. The van der Waals surface area contributed by atoms with Gasteiger partial charge in [0.2, 0.25) is 5.91 Å². The molecule has 1 atom stereocenters. The van der Waals surface area contributed by atoms with Crippen molar-refractivity contribution in [2.45, 2.75) is 51.5 Å². The monoisotopic (exact) mass is 501 g/mol. The molecule has 0 fully saturated rings. The van der Waals surface area contributed by atoms with Crippen LogP contribution in [0, 0.1) is 24.2 Å². The Morgan fingerprint density at radius 2 is 2.12 bits per heavy atom. The van der Waals surface area contributed by atoms with Crippen LogP contribution in [0.2, 0.25) is 0 Å². The highest BCUT2D eigenvalue weighted by molar-refractivity contribution is 7.99. The van der Waals surface area contributed by atoms with Crippen LogP contribution in [-0.4, -0.2) is 42.3 Å². The van der Waals surface area contributed by atoms with Gasteiger partial charge in [0.1, 0.15) is 21.0 Å². The Balaban J connectivity index is 1.69. The number of hydrogen-bond acceptors (Lipinski definition) is 9. The van der Waals surface area contributed by atoms with Gasteiger partial charge in [-0.2, -0.15) is 5.26 Å². The number of methoxy groups -OCH3 is 1. The third-order valence-electron chi connectivity index (χ3n) is 5.54. The van der Waals surface area contributed by atoms with E-state index in [1.165, 1.54) is 18.9 Å². The number of esters is 2. The number of anilines is 1. The van der Waals surface area contributed by atoms with Crippen molar-refractivity contribution in [3.8, 4) is 6.07 Å². The highest BCUT2D eigenvalue weighted by atomic mass is 32.2. The van der Waals surface area contributed by atoms with Crippen LogP contribution in [0.3, 0.4) is 0 Å². The zero-order valence-corrected chi connectivity index (χ0v) is 21.3. The zero-order valence-electron chi connectivity index (χ0n) is 19.6. The fourth-order valence-corrected chi connectivity index (χ4v) is 5.81.